The zero-order valence-corrected chi connectivity index (χ0v) is 7.53. The summed E-state index contributed by atoms with van der Waals surface area (Å²) in [4.78, 5) is 0. The van der Waals surface area contributed by atoms with Crippen molar-refractivity contribution in [2.75, 3.05) is 5.73 Å². The van der Waals surface area contributed by atoms with Gasteiger partial charge in [-0.1, -0.05) is 24.3 Å². The summed E-state index contributed by atoms with van der Waals surface area (Å²) in [6.45, 7) is 0. The van der Waals surface area contributed by atoms with Gasteiger partial charge in [-0.15, -0.1) is 0 Å². The highest BCUT2D eigenvalue weighted by Crippen LogP contribution is 2.29. The van der Waals surface area contributed by atoms with Crippen molar-refractivity contribution >= 4 is 22.9 Å². The Bertz CT molecular complexity index is 480. The number of hydrogen-bond acceptors (Lipinski definition) is 3. The molecule has 2 aromatic rings. The molecule has 3 heteroatoms. The molecule has 2 rings (SSSR count). The molecule has 0 aromatic heterocycles. The Labute approximate surface area is 81.6 Å². The largest absolute Gasteiger partial charge is 0.446 e. The molecule has 14 heavy (non-hydrogen) atoms. The number of hydrogen-bond donors (Lipinski definition) is 2. The molecule has 0 bridgehead atoms. The smallest absolute Gasteiger partial charge is 0.173 e. The number of ether oxygens (including phenoxy) is 1. The SMILES string of the molecule is N=COc1ccc(N)c2ccccc12. The predicted octanol–water partition coefficient (Wildman–Crippen LogP) is 2.41. The van der Waals surface area contributed by atoms with Gasteiger partial charge in [0.2, 0.25) is 0 Å². The zero-order valence-electron chi connectivity index (χ0n) is 7.53. The maximum Gasteiger partial charge on any atom is 0.173 e. The summed E-state index contributed by atoms with van der Waals surface area (Å²) in [5.74, 6) is 0.657. The molecule has 0 radical (unpaired) electrons. The van der Waals surface area contributed by atoms with Crippen LogP contribution in [0.2, 0.25) is 0 Å². The fourth-order valence-corrected chi connectivity index (χ4v) is 1.46. The van der Waals surface area contributed by atoms with E-state index in [1.807, 2.05) is 24.3 Å². The Morgan fingerprint density at radius 2 is 1.79 bits per heavy atom. The van der Waals surface area contributed by atoms with Gasteiger partial charge in [-0.2, -0.15) is 0 Å². The van der Waals surface area contributed by atoms with Gasteiger partial charge in [0, 0.05) is 16.5 Å². The molecule has 3 nitrogen and oxygen atoms in total. The molecule has 0 aliphatic heterocycles. The highest BCUT2D eigenvalue weighted by molar-refractivity contribution is 5.97. The molecule has 0 fully saturated rings. The highest BCUT2D eigenvalue weighted by Gasteiger charge is 2.02. The average molecular weight is 186 g/mol. The van der Waals surface area contributed by atoms with E-state index in [0.717, 1.165) is 22.9 Å². The molecule has 3 N–H and O–H groups in total. The van der Waals surface area contributed by atoms with Gasteiger partial charge in [0.05, 0.1) is 0 Å². The molecule has 70 valence electrons. The van der Waals surface area contributed by atoms with Gasteiger partial charge in [0.1, 0.15) is 5.75 Å². The molecule has 0 heterocycles. The second-order valence-electron chi connectivity index (χ2n) is 2.93. The summed E-state index contributed by atoms with van der Waals surface area (Å²) in [7, 11) is 0. The van der Waals surface area contributed by atoms with Crippen LogP contribution in [0.3, 0.4) is 0 Å². The van der Waals surface area contributed by atoms with Crippen molar-refractivity contribution in [1.82, 2.24) is 0 Å². The van der Waals surface area contributed by atoms with Crippen molar-refractivity contribution in [3.05, 3.63) is 36.4 Å². The Morgan fingerprint density at radius 3 is 2.50 bits per heavy atom. The summed E-state index contributed by atoms with van der Waals surface area (Å²) < 4.78 is 5.06. The summed E-state index contributed by atoms with van der Waals surface area (Å²) in [5.41, 5.74) is 6.53. The minimum Gasteiger partial charge on any atom is -0.446 e. The van der Waals surface area contributed by atoms with E-state index >= 15 is 0 Å². The van der Waals surface area contributed by atoms with Crippen LogP contribution in [0, 0.1) is 5.41 Å². The fraction of sp³-hybridized carbons (Fsp3) is 0. The highest BCUT2D eigenvalue weighted by atomic mass is 16.5. The third kappa shape index (κ3) is 1.29. The van der Waals surface area contributed by atoms with Gasteiger partial charge in [-0.05, 0) is 12.1 Å². The van der Waals surface area contributed by atoms with Crippen molar-refractivity contribution in [1.29, 1.82) is 5.41 Å². The van der Waals surface area contributed by atoms with Crippen LogP contribution < -0.4 is 10.5 Å². The lowest BCUT2D eigenvalue weighted by Crippen LogP contribution is -1.92. The lowest BCUT2D eigenvalue weighted by atomic mass is 10.1. The van der Waals surface area contributed by atoms with Gasteiger partial charge < -0.3 is 10.5 Å². The molecule has 0 aliphatic rings. The van der Waals surface area contributed by atoms with Crippen LogP contribution in [0.15, 0.2) is 36.4 Å². The first-order valence-corrected chi connectivity index (χ1v) is 4.26. The van der Waals surface area contributed by atoms with E-state index in [0.29, 0.717) is 5.75 Å². The molecule has 0 amide bonds. The maximum atomic E-state index is 6.89. The molecular formula is C11H10N2O. The monoisotopic (exact) mass is 186 g/mol. The van der Waals surface area contributed by atoms with Crippen LogP contribution in [-0.4, -0.2) is 6.40 Å². The third-order valence-electron chi connectivity index (χ3n) is 2.10. The second kappa shape index (κ2) is 3.38. The molecule has 0 saturated heterocycles. The van der Waals surface area contributed by atoms with Crippen LogP contribution in [0.5, 0.6) is 5.75 Å². The summed E-state index contributed by atoms with van der Waals surface area (Å²) >= 11 is 0. The second-order valence-corrected chi connectivity index (χ2v) is 2.93. The molecule has 0 spiro atoms. The topological polar surface area (TPSA) is 59.1 Å². The van der Waals surface area contributed by atoms with E-state index in [-0.39, 0.29) is 0 Å². The molecule has 0 aliphatic carbocycles. The van der Waals surface area contributed by atoms with E-state index in [1.54, 1.807) is 12.1 Å². The number of fused-ring (bicyclic) bond motifs is 1. The number of anilines is 1. The molecule has 0 unspecified atom stereocenters. The first kappa shape index (κ1) is 8.56. The number of nitrogens with one attached hydrogen (secondary N) is 1. The fourth-order valence-electron chi connectivity index (χ4n) is 1.46. The Balaban J connectivity index is 2.74. The summed E-state index contributed by atoms with van der Waals surface area (Å²) in [6, 6.07) is 11.2. The quantitative estimate of drug-likeness (QED) is 0.430. The van der Waals surface area contributed by atoms with Gasteiger partial charge in [0.25, 0.3) is 0 Å². The first-order valence-electron chi connectivity index (χ1n) is 4.26. The predicted molar refractivity (Wildman–Crippen MR) is 57.8 cm³/mol. The van der Waals surface area contributed by atoms with Crippen LogP contribution in [0.25, 0.3) is 10.8 Å². The molecule has 0 atom stereocenters. The van der Waals surface area contributed by atoms with E-state index in [2.05, 4.69) is 0 Å². The van der Waals surface area contributed by atoms with Crippen LogP contribution in [0.1, 0.15) is 0 Å². The van der Waals surface area contributed by atoms with E-state index < -0.39 is 0 Å². The normalized spacial score (nSPS) is 10.0. The Morgan fingerprint density at radius 1 is 1.07 bits per heavy atom. The lowest BCUT2D eigenvalue weighted by molar-refractivity contribution is 0.577. The van der Waals surface area contributed by atoms with Gasteiger partial charge in [-0.25, -0.2) is 0 Å². The number of rotatable bonds is 2. The maximum absolute atomic E-state index is 6.89. The zero-order chi connectivity index (χ0) is 9.97. The van der Waals surface area contributed by atoms with E-state index in [9.17, 15) is 0 Å². The number of nitrogens with two attached hydrogens (primary N) is 1. The minimum atomic E-state index is 0.657. The van der Waals surface area contributed by atoms with Crippen molar-refractivity contribution in [2.24, 2.45) is 0 Å². The summed E-state index contributed by atoms with van der Waals surface area (Å²) in [6.07, 6.45) is 0.915. The van der Waals surface area contributed by atoms with Gasteiger partial charge in [-0.3, -0.25) is 5.41 Å². The number of nitrogen functional groups attached to an aromatic ring is 1. The van der Waals surface area contributed by atoms with Gasteiger partial charge in [0.15, 0.2) is 6.40 Å². The van der Waals surface area contributed by atoms with Crippen molar-refractivity contribution in [3.63, 3.8) is 0 Å². The van der Waals surface area contributed by atoms with Crippen LogP contribution in [0.4, 0.5) is 5.69 Å². The third-order valence-corrected chi connectivity index (χ3v) is 2.10. The molecule has 0 saturated carbocycles. The van der Waals surface area contributed by atoms with Crippen LogP contribution >= 0.6 is 0 Å². The van der Waals surface area contributed by atoms with E-state index in [1.165, 1.54) is 0 Å². The van der Waals surface area contributed by atoms with Crippen molar-refractivity contribution < 1.29 is 4.74 Å². The lowest BCUT2D eigenvalue weighted by Gasteiger charge is -2.06. The van der Waals surface area contributed by atoms with Crippen LogP contribution in [-0.2, 0) is 0 Å². The number of benzene rings is 2. The van der Waals surface area contributed by atoms with Gasteiger partial charge >= 0.3 is 0 Å². The molecular weight excluding hydrogens is 176 g/mol. The Hall–Kier alpha value is -2.03. The summed E-state index contributed by atoms with van der Waals surface area (Å²) in [5, 5.41) is 8.77. The Kier molecular flexibility index (Phi) is 2.07. The molecule has 2 aromatic carbocycles. The first-order chi connectivity index (χ1) is 6.83. The van der Waals surface area contributed by atoms with Crippen molar-refractivity contribution in [3.8, 4) is 5.75 Å². The standard InChI is InChI=1S/C11H10N2O/c12-7-14-11-6-5-10(13)8-3-1-2-4-9(8)11/h1-7,12H,13H2. The van der Waals surface area contributed by atoms with E-state index in [4.69, 9.17) is 15.9 Å². The minimum absolute atomic E-state index is 0.657. The van der Waals surface area contributed by atoms with Crippen molar-refractivity contribution in [2.45, 2.75) is 0 Å². The average Bonchev–Trinajstić information content (AvgIpc) is 2.23.